The average molecular weight is 281 g/mol. The predicted molar refractivity (Wildman–Crippen MR) is 77.2 cm³/mol. The fourth-order valence-electron chi connectivity index (χ4n) is 2.27. The minimum absolute atomic E-state index is 0.121. The molecule has 1 N–H and O–H groups in total. The Labute approximate surface area is 115 Å². The summed E-state index contributed by atoms with van der Waals surface area (Å²) >= 11 is 0. The van der Waals surface area contributed by atoms with Crippen LogP contribution in [0.25, 0.3) is 0 Å². The Morgan fingerprint density at radius 2 is 2.11 bits per heavy atom. The molecular formula is C14H23NO3Si. The van der Waals surface area contributed by atoms with E-state index in [1.165, 1.54) is 0 Å². The fraction of sp³-hybridized carbons (Fsp3) is 0.643. The molecule has 0 saturated carbocycles. The summed E-state index contributed by atoms with van der Waals surface area (Å²) in [6, 6.07) is 1.68. The van der Waals surface area contributed by atoms with Crippen molar-refractivity contribution >= 4 is 14.3 Å². The van der Waals surface area contributed by atoms with Gasteiger partial charge in [-0.05, 0) is 24.2 Å². The Kier molecular flexibility index (Phi) is 3.39. The minimum atomic E-state index is -1.79. The van der Waals surface area contributed by atoms with Gasteiger partial charge in [0.25, 0.3) is 0 Å². The molecular weight excluding hydrogens is 258 g/mol. The van der Waals surface area contributed by atoms with Gasteiger partial charge in [-0.3, -0.25) is 0 Å². The number of hydrogen-bond donors (Lipinski definition) is 1. The van der Waals surface area contributed by atoms with Crippen LogP contribution < -0.4 is 0 Å². The van der Waals surface area contributed by atoms with Crippen molar-refractivity contribution in [1.82, 2.24) is 4.57 Å². The first kappa shape index (κ1) is 14.3. The summed E-state index contributed by atoms with van der Waals surface area (Å²) in [6.07, 6.45) is 2.68. The van der Waals surface area contributed by atoms with E-state index in [1.807, 2.05) is 10.8 Å². The van der Waals surface area contributed by atoms with Crippen molar-refractivity contribution in [2.45, 2.75) is 58.0 Å². The third-order valence-corrected chi connectivity index (χ3v) is 8.93. The SMILES string of the molecule is CC(C)(C)[Si](C)(C)O[C@@H]1Cc2c(C(=O)O)ccn2C1. The summed E-state index contributed by atoms with van der Waals surface area (Å²) in [5.74, 6) is -0.846. The monoisotopic (exact) mass is 281 g/mol. The molecule has 1 aliphatic rings. The highest BCUT2D eigenvalue weighted by atomic mass is 28.4. The molecule has 1 aliphatic heterocycles. The van der Waals surface area contributed by atoms with Gasteiger partial charge in [-0.25, -0.2) is 4.79 Å². The zero-order valence-electron chi connectivity index (χ0n) is 12.4. The summed E-state index contributed by atoms with van der Waals surface area (Å²) < 4.78 is 8.38. The lowest BCUT2D eigenvalue weighted by atomic mass is 10.2. The van der Waals surface area contributed by atoms with Crippen LogP contribution in [0.1, 0.15) is 36.8 Å². The molecule has 106 valence electrons. The van der Waals surface area contributed by atoms with Crippen LogP contribution in [0.4, 0.5) is 0 Å². The van der Waals surface area contributed by atoms with Crippen molar-refractivity contribution in [2.24, 2.45) is 0 Å². The van der Waals surface area contributed by atoms with E-state index in [9.17, 15) is 4.79 Å². The van der Waals surface area contributed by atoms with Gasteiger partial charge < -0.3 is 14.1 Å². The third-order valence-electron chi connectivity index (χ3n) is 4.40. The van der Waals surface area contributed by atoms with Crippen molar-refractivity contribution in [3.05, 3.63) is 23.5 Å². The van der Waals surface area contributed by atoms with Crippen molar-refractivity contribution in [3.8, 4) is 0 Å². The minimum Gasteiger partial charge on any atom is -0.478 e. The first-order chi connectivity index (χ1) is 8.62. The summed E-state index contributed by atoms with van der Waals surface area (Å²) in [7, 11) is -1.79. The van der Waals surface area contributed by atoms with E-state index in [2.05, 4.69) is 33.9 Å². The normalized spacial score (nSPS) is 19.5. The molecule has 2 rings (SSSR count). The van der Waals surface area contributed by atoms with Gasteiger partial charge in [-0.15, -0.1) is 0 Å². The van der Waals surface area contributed by atoms with Crippen LogP contribution in [0.2, 0.25) is 18.1 Å². The molecule has 0 aliphatic carbocycles. The first-order valence-corrected chi connectivity index (χ1v) is 9.62. The fourth-order valence-corrected chi connectivity index (χ4v) is 3.62. The quantitative estimate of drug-likeness (QED) is 0.866. The molecule has 0 saturated heterocycles. The van der Waals surface area contributed by atoms with Gasteiger partial charge in [0.05, 0.1) is 11.7 Å². The first-order valence-electron chi connectivity index (χ1n) is 6.71. The van der Waals surface area contributed by atoms with Gasteiger partial charge in [0.2, 0.25) is 0 Å². The number of carboxylic acids is 1. The molecule has 0 bridgehead atoms. The number of fused-ring (bicyclic) bond motifs is 1. The van der Waals surface area contributed by atoms with Crippen LogP contribution in [0, 0.1) is 0 Å². The number of nitrogens with zero attached hydrogens (tertiary/aromatic N) is 1. The highest BCUT2D eigenvalue weighted by molar-refractivity contribution is 6.74. The average Bonchev–Trinajstić information content (AvgIpc) is 2.72. The van der Waals surface area contributed by atoms with Gasteiger partial charge in [-0.2, -0.15) is 0 Å². The third kappa shape index (κ3) is 2.62. The Morgan fingerprint density at radius 3 is 2.63 bits per heavy atom. The maximum Gasteiger partial charge on any atom is 0.337 e. The van der Waals surface area contributed by atoms with Crippen LogP contribution in [-0.2, 0) is 17.4 Å². The second-order valence-electron chi connectivity index (χ2n) is 6.84. The van der Waals surface area contributed by atoms with Crippen molar-refractivity contribution < 1.29 is 14.3 Å². The molecule has 0 aromatic carbocycles. The van der Waals surface area contributed by atoms with E-state index in [-0.39, 0.29) is 11.1 Å². The molecule has 19 heavy (non-hydrogen) atoms. The number of aromatic carboxylic acids is 1. The second-order valence-corrected chi connectivity index (χ2v) is 11.6. The van der Waals surface area contributed by atoms with Crippen molar-refractivity contribution in [1.29, 1.82) is 0 Å². The summed E-state index contributed by atoms with van der Waals surface area (Å²) in [5, 5.41) is 9.32. The lowest BCUT2D eigenvalue weighted by molar-refractivity contribution is 0.0695. The van der Waals surface area contributed by atoms with E-state index in [0.717, 1.165) is 12.2 Å². The smallest absolute Gasteiger partial charge is 0.337 e. The standard InChI is InChI=1S/C14H23NO3Si/c1-14(2,3)19(4,5)18-10-8-12-11(13(16)17)6-7-15(12)9-10/h6-7,10H,8-9H2,1-5H3,(H,16,17)/t10-/m1/s1. The van der Waals surface area contributed by atoms with Crippen LogP contribution in [0.15, 0.2) is 12.3 Å². The van der Waals surface area contributed by atoms with Crippen LogP contribution in [0.5, 0.6) is 0 Å². The maximum atomic E-state index is 11.1. The van der Waals surface area contributed by atoms with E-state index >= 15 is 0 Å². The number of rotatable bonds is 3. The van der Waals surface area contributed by atoms with Crippen LogP contribution >= 0.6 is 0 Å². The Hall–Kier alpha value is -1.07. The van der Waals surface area contributed by atoms with E-state index in [0.29, 0.717) is 12.0 Å². The molecule has 1 aromatic rings. The van der Waals surface area contributed by atoms with Crippen molar-refractivity contribution in [3.63, 3.8) is 0 Å². The predicted octanol–water partition coefficient (Wildman–Crippen LogP) is 3.13. The molecule has 2 heterocycles. The van der Waals surface area contributed by atoms with E-state index < -0.39 is 14.3 Å². The molecule has 1 aromatic heterocycles. The number of aromatic nitrogens is 1. The molecule has 1 atom stereocenters. The Morgan fingerprint density at radius 1 is 1.47 bits per heavy atom. The number of carbonyl (C=O) groups is 1. The second kappa shape index (κ2) is 4.49. The lowest BCUT2D eigenvalue weighted by Crippen LogP contribution is -2.44. The van der Waals surface area contributed by atoms with E-state index in [1.54, 1.807) is 6.07 Å². The Bertz CT molecular complexity index is 499. The highest BCUT2D eigenvalue weighted by Crippen LogP contribution is 2.38. The topological polar surface area (TPSA) is 51.5 Å². The largest absolute Gasteiger partial charge is 0.478 e. The number of carboxylic acid groups (broad SMARTS) is 1. The number of hydrogen-bond acceptors (Lipinski definition) is 2. The molecule has 0 unspecified atom stereocenters. The van der Waals surface area contributed by atoms with E-state index in [4.69, 9.17) is 9.53 Å². The van der Waals surface area contributed by atoms with Gasteiger partial charge in [0, 0.05) is 24.9 Å². The summed E-state index contributed by atoms with van der Waals surface area (Å²) in [6.45, 7) is 11.9. The zero-order chi connectivity index (χ0) is 14.4. The molecule has 0 amide bonds. The summed E-state index contributed by atoms with van der Waals surface area (Å²) in [4.78, 5) is 11.1. The Balaban J connectivity index is 2.11. The molecule has 0 radical (unpaired) electrons. The molecule has 0 fully saturated rings. The lowest BCUT2D eigenvalue weighted by Gasteiger charge is -2.38. The van der Waals surface area contributed by atoms with Crippen LogP contribution in [-0.4, -0.2) is 30.1 Å². The molecule has 4 nitrogen and oxygen atoms in total. The van der Waals surface area contributed by atoms with Gasteiger partial charge in [0.15, 0.2) is 8.32 Å². The zero-order valence-corrected chi connectivity index (χ0v) is 13.4. The summed E-state index contributed by atoms with van der Waals surface area (Å²) in [5.41, 5.74) is 1.32. The maximum absolute atomic E-state index is 11.1. The van der Waals surface area contributed by atoms with Gasteiger partial charge in [0.1, 0.15) is 0 Å². The van der Waals surface area contributed by atoms with Crippen LogP contribution in [0.3, 0.4) is 0 Å². The van der Waals surface area contributed by atoms with Gasteiger partial charge in [-0.1, -0.05) is 20.8 Å². The van der Waals surface area contributed by atoms with Gasteiger partial charge >= 0.3 is 5.97 Å². The molecule has 0 spiro atoms. The van der Waals surface area contributed by atoms with Crippen molar-refractivity contribution in [2.75, 3.05) is 0 Å². The molecule has 5 heteroatoms. The highest BCUT2D eigenvalue weighted by Gasteiger charge is 2.40.